The van der Waals surface area contributed by atoms with E-state index in [-0.39, 0.29) is 5.91 Å². The number of esters is 1. The third-order valence-corrected chi connectivity index (χ3v) is 5.99. The Morgan fingerprint density at radius 3 is 2.19 bits per heavy atom. The molecule has 4 aromatic carbocycles. The van der Waals surface area contributed by atoms with E-state index in [4.69, 9.17) is 4.74 Å². The molecule has 0 bridgehead atoms. The summed E-state index contributed by atoms with van der Waals surface area (Å²) in [5.74, 6) is -0.685. The molecule has 6 nitrogen and oxygen atoms in total. The van der Waals surface area contributed by atoms with Crippen molar-refractivity contribution in [2.24, 2.45) is 0 Å². The highest BCUT2D eigenvalue weighted by atomic mass is 16.5. The topological polar surface area (TPSA) is 79.5 Å². The first-order valence-corrected chi connectivity index (χ1v) is 11.6. The van der Waals surface area contributed by atoms with Gasteiger partial charge in [0.15, 0.2) is 0 Å². The van der Waals surface area contributed by atoms with Crippen LogP contribution in [0.15, 0.2) is 103 Å². The van der Waals surface area contributed by atoms with Gasteiger partial charge < -0.3 is 20.7 Å². The lowest BCUT2D eigenvalue weighted by atomic mass is 9.99. The molecule has 6 heteroatoms. The van der Waals surface area contributed by atoms with E-state index in [1.54, 1.807) is 18.2 Å². The fourth-order valence-electron chi connectivity index (χ4n) is 4.16. The van der Waals surface area contributed by atoms with Crippen LogP contribution in [0.1, 0.15) is 27.0 Å². The number of methoxy groups -OCH3 is 1. The maximum absolute atomic E-state index is 13.1. The number of rotatable bonds is 7. The van der Waals surface area contributed by atoms with Gasteiger partial charge in [0.1, 0.15) is 0 Å². The third-order valence-electron chi connectivity index (χ3n) is 5.99. The number of para-hydroxylation sites is 1. The largest absolute Gasteiger partial charge is 0.465 e. The highest BCUT2D eigenvalue weighted by molar-refractivity contribution is 6.37. The Hall–Kier alpha value is -4.84. The molecule has 0 aromatic heterocycles. The molecule has 36 heavy (non-hydrogen) atoms. The lowest BCUT2D eigenvalue weighted by Crippen LogP contribution is -2.10. The minimum atomic E-state index is -0.451. The predicted octanol–water partition coefficient (Wildman–Crippen LogP) is 6.02. The summed E-state index contributed by atoms with van der Waals surface area (Å²) in [6, 6.07) is 33.0. The number of benzene rings is 4. The maximum atomic E-state index is 13.1. The molecule has 1 amide bonds. The second-order valence-corrected chi connectivity index (χ2v) is 8.36. The SMILES string of the molecule is COC(=O)c1ccc2c(c1)NC(=O)/C2=C(\Nc1ccc(CNc2ccccc2)cc1)c1ccccc1. The van der Waals surface area contributed by atoms with E-state index in [1.807, 2.05) is 72.8 Å². The maximum Gasteiger partial charge on any atom is 0.337 e. The van der Waals surface area contributed by atoms with Crippen molar-refractivity contribution in [3.63, 3.8) is 0 Å². The molecule has 0 fully saturated rings. The van der Waals surface area contributed by atoms with Crippen molar-refractivity contribution < 1.29 is 14.3 Å². The van der Waals surface area contributed by atoms with E-state index >= 15 is 0 Å². The van der Waals surface area contributed by atoms with Crippen LogP contribution in [0.2, 0.25) is 0 Å². The molecule has 1 aliphatic rings. The van der Waals surface area contributed by atoms with Gasteiger partial charge in [0.05, 0.1) is 29.6 Å². The standard InChI is InChI=1S/C30H25N3O3/c1-36-30(35)22-14-17-25-26(18-22)33-29(34)27(25)28(21-8-4-2-5-9-21)32-24-15-12-20(13-16-24)19-31-23-10-6-3-7-11-23/h2-18,31-32H,19H2,1H3,(H,33,34)/b28-27-. The van der Waals surface area contributed by atoms with Crippen LogP contribution in [-0.2, 0) is 16.1 Å². The molecule has 3 N–H and O–H groups in total. The molecule has 5 rings (SSSR count). The lowest BCUT2D eigenvalue weighted by molar-refractivity contribution is -0.110. The molecule has 0 saturated carbocycles. The summed E-state index contributed by atoms with van der Waals surface area (Å²) < 4.78 is 4.82. The zero-order valence-corrected chi connectivity index (χ0v) is 19.7. The molecule has 0 spiro atoms. The number of anilines is 3. The van der Waals surface area contributed by atoms with E-state index in [2.05, 4.69) is 28.1 Å². The third kappa shape index (κ3) is 4.83. The average Bonchev–Trinajstić information content (AvgIpc) is 3.26. The molecule has 178 valence electrons. The molecule has 0 radical (unpaired) electrons. The molecule has 0 unspecified atom stereocenters. The van der Waals surface area contributed by atoms with Crippen molar-refractivity contribution in [3.8, 4) is 0 Å². The van der Waals surface area contributed by atoms with Crippen LogP contribution >= 0.6 is 0 Å². The Labute approximate surface area is 209 Å². The summed E-state index contributed by atoms with van der Waals surface area (Å²) in [7, 11) is 1.33. The van der Waals surface area contributed by atoms with Gasteiger partial charge in [-0.25, -0.2) is 4.79 Å². The molecule has 4 aromatic rings. The van der Waals surface area contributed by atoms with Crippen LogP contribution in [0.5, 0.6) is 0 Å². The fourth-order valence-corrected chi connectivity index (χ4v) is 4.16. The van der Waals surface area contributed by atoms with Crippen molar-refractivity contribution in [2.45, 2.75) is 6.54 Å². The van der Waals surface area contributed by atoms with Gasteiger partial charge in [0, 0.05) is 23.5 Å². The zero-order chi connectivity index (χ0) is 24.9. The van der Waals surface area contributed by atoms with Crippen LogP contribution in [0.25, 0.3) is 11.3 Å². The Balaban J connectivity index is 1.46. The van der Waals surface area contributed by atoms with Crippen LogP contribution in [0, 0.1) is 0 Å². The summed E-state index contributed by atoms with van der Waals surface area (Å²) in [5.41, 5.74) is 6.83. The second kappa shape index (κ2) is 10.2. The van der Waals surface area contributed by atoms with Gasteiger partial charge in [-0.05, 0) is 47.5 Å². The highest BCUT2D eigenvalue weighted by Crippen LogP contribution is 2.38. The van der Waals surface area contributed by atoms with Crippen molar-refractivity contribution >= 4 is 40.2 Å². The number of nitrogens with one attached hydrogen (secondary N) is 3. The number of hydrogen-bond acceptors (Lipinski definition) is 5. The van der Waals surface area contributed by atoms with Gasteiger partial charge in [-0.3, -0.25) is 4.79 Å². The monoisotopic (exact) mass is 475 g/mol. The minimum absolute atomic E-state index is 0.234. The highest BCUT2D eigenvalue weighted by Gasteiger charge is 2.29. The van der Waals surface area contributed by atoms with Crippen LogP contribution in [0.3, 0.4) is 0 Å². The number of carbonyl (C=O) groups excluding carboxylic acids is 2. The van der Waals surface area contributed by atoms with Crippen LogP contribution in [0.4, 0.5) is 17.1 Å². The molecular weight excluding hydrogens is 450 g/mol. The quantitative estimate of drug-likeness (QED) is 0.225. The first-order chi connectivity index (χ1) is 17.6. The van der Waals surface area contributed by atoms with Gasteiger partial charge >= 0.3 is 5.97 Å². The fraction of sp³-hybridized carbons (Fsp3) is 0.0667. The van der Waals surface area contributed by atoms with E-state index in [1.165, 1.54) is 7.11 Å². The summed E-state index contributed by atoms with van der Waals surface area (Å²) in [6.45, 7) is 0.704. The molecule has 1 heterocycles. The van der Waals surface area contributed by atoms with Crippen molar-refractivity contribution in [3.05, 3.63) is 125 Å². The number of carbonyl (C=O) groups is 2. The first kappa shape index (κ1) is 22.9. The van der Waals surface area contributed by atoms with E-state index in [9.17, 15) is 9.59 Å². The van der Waals surface area contributed by atoms with Crippen molar-refractivity contribution in [1.29, 1.82) is 0 Å². The molecule has 0 atom stereocenters. The molecule has 1 aliphatic heterocycles. The van der Waals surface area contributed by atoms with E-state index in [0.29, 0.717) is 29.1 Å². The van der Waals surface area contributed by atoms with Gasteiger partial charge in [-0.1, -0.05) is 66.7 Å². The summed E-state index contributed by atoms with van der Waals surface area (Å²) in [4.78, 5) is 25.1. The van der Waals surface area contributed by atoms with E-state index in [0.717, 1.165) is 28.1 Å². The van der Waals surface area contributed by atoms with Gasteiger partial charge in [-0.15, -0.1) is 0 Å². The smallest absolute Gasteiger partial charge is 0.337 e. The lowest BCUT2D eigenvalue weighted by Gasteiger charge is -2.15. The number of hydrogen-bond donors (Lipinski definition) is 3. The van der Waals surface area contributed by atoms with Gasteiger partial charge in [0.25, 0.3) is 5.91 Å². The van der Waals surface area contributed by atoms with E-state index < -0.39 is 5.97 Å². The van der Waals surface area contributed by atoms with Gasteiger partial charge in [0.2, 0.25) is 0 Å². The Bertz CT molecular complexity index is 1430. The number of fused-ring (bicyclic) bond motifs is 1. The average molecular weight is 476 g/mol. The predicted molar refractivity (Wildman–Crippen MR) is 144 cm³/mol. The minimum Gasteiger partial charge on any atom is -0.465 e. The summed E-state index contributed by atoms with van der Waals surface area (Å²) in [6.07, 6.45) is 0. The van der Waals surface area contributed by atoms with Crippen molar-refractivity contribution in [2.75, 3.05) is 23.1 Å². The van der Waals surface area contributed by atoms with Crippen LogP contribution in [-0.4, -0.2) is 19.0 Å². The molecule has 0 aliphatic carbocycles. The van der Waals surface area contributed by atoms with Crippen LogP contribution < -0.4 is 16.0 Å². The Morgan fingerprint density at radius 2 is 1.50 bits per heavy atom. The first-order valence-electron chi connectivity index (χ1n) is 11.6. The Morgan fingerprint density at radius 1 is 0.806 bits per heavy atom. The summed E-state index contributed by atoms with van der Waals surface area (Å²) >= 11 is 0. The van der Waals surface area contributed by atoms with Crippen molar-refractivity contribution in [1.82, 2.24) is 0 Å². The van der Waals surface area contributed by atoms with Gasteiger partial charge in [-0.2, -0.15) is 0 Å². The second-order valence-electron chi connectivity index (χ2n) is 8.36. The summed E-state index contributed by atoms with van der Waals surface area (Å²) in [5, 5.41) is 9.77. The normalized spacial score (nSPS) is 13.4. The zero-order valence-electron chi connectivity index (χ0n) is 19.7. The number of ether oxygens (including phenoxy) is 1. The Kier molecular flexibility index (Phi) is 6.49. The molecular formula is C30H25N3O3. The number of amides is 1. The molecule has 0 saturated heterocycles.